The number of carboxylic acid groups (broad SMARTS) is 1. The predicted octanol–water partition coefficient (Wildman–Crippen LogP) is 1.78. The number of aromatic carboxylic acids is 1. The number of carbonyl (C=O) groups is 2. The molecule has 1 fully saturated rings. The van der Waals surface area contributed by atoms with E-state index < -0.39 is 12.0 Å². The molecular formula is C18H18N8O3. The highest BCUT2D eigenvalue weighted by Crippen LogP contribution is 2.37. The van der Waals surface area contributed by atoms with Crippen LogP contribution in [0.5, 0.6) is 0 Å². The van der Waals surface area contributed by atoms with Crippen molar-refractivity contribution in [1.29, 1.82) is 0 Å². The number of piperidine rings is 1. The number of nitrogens with one attached hydrogen (secondary N) is 2. The smallest absolute Gasteiger partial charge is 0.374 e. The zero-order valence-electron chi connectivity index (χ0n) is 15.6. The summed E-state index contributed by atoms with van der Waals surface area (Å²) < 4.78 is 0. The van der Waals surface area contributed by atoms with Gasteiger partial charge in [0.1, 0.15) is 0 Å². The molecule has 2 aliphatic rings. The molecule has 0 aromatic carbocycles. The van der Waals surface area contributed by atoms with Gasteiger partial charge in [0.2, 0.25) is 5.82 Å². The number of hydrogen-bond donors (Lipinski definition) is 3. The molecule has 5 rings (SSSR count). The Hall–Kier alpha value is -3.76. The number of aryl methyl sites for hydroxylation is 1. The van der Waals surface area contributed by atoms with Crippen molar-refractivity contribution in [2.45, 2.75) is 25.8 Å². The Morgan fingerprint density at radius 1 is 1.31 bits per heavy atom. The average molecular weight is 394 g/mol. The van der Waals surface area contributed by atoms with Gasteiger partial charge in [0.05, 0.1) is 23.3 Å². The number of carboxylic acids is 1. The summed E-state index contributed by atoms with van der Waals surface area (Å²) in [4.78, 5) is 40.7. The van der Waals surface area contributed by atoms with E-state index in [4.69, 9.17) is 0 Å². The van der Waals surface area contributed by atoms with Crippen LogP contribution in [0.2, 0.25) is 0 Å². The Balaban J connectivity index is 1.53. The molecular weight excluding hydrogens is 376 g/mol. The van der Waals surface area contributed by atoms with Crippen LogP contribution in [0.25, 0.3) is 11.0 Å². The topological polar surface area (TPSA) is 140 Å². The minimum absolute atomic E-state index is 0.113. The van der Waals surface area contributed by atoms with E-state index in [2.05, 4.69) is 35.4 Å². The van der Waals surface area contributed by atoms with Gasteiger partial charge >= 0.3 is 12.0 Å². The van der Waals surface area contributed by atoms with Crippen molar-refractivity contribution < 1.29 is 14.7 Å². The number of rotatable bonds is 2. The summed E-state index contributed by atoms with van der Waals surface area (Å²) in [6.45, 7) is 3.35. The molecule has 0 radical (unpaired) electrons. The fraction of sp³-hybridized carbons (Fsp3) is 0.333. The SMILES string of the molecule is Cc1ccc2c(NC(=O)N3c4nc(C(=O)O)ncc4N4CCC[C@H]3C4)n[nH]c2n1. The fourth-order valence-electron chi connectivity index (χ4n) is 3.95. The second kappa shape index (κ2) is 6.40. The normalized spacial score (nSPS) is 17.9. The summed E-state index contributed by atoms with van der Waals surface area (Å²) in [6, 6.07) is 3.16. The summed E-state index contributed by atoms with van der Waals surface area (Å²) in [7, 11) is 0. The maximum Gasteiger partial charge on any atom is 0.374 e. The summed E-state index contributed by atoms with van der Waals surface area (Å²) in [5.41, 5.74) is 2.08. The average Bonchev–Trinajstić information content (AvgIpc) is 3.09. The number of fused-ring (bicyclic) bond motifs is 5. The van der Waals surface area contributed by atoms with Gasteiger partial charge < -0.3 is 10.0 Å². The first-order valence-electron chi connectivity index (χ1n) is 9.28. The van der Waals surface area contributed by atoms with Gasteiger partial charge in [-0.3, -0.25) is 15.3 Å². The molecule has 2 aliphatic heterocycles. The molecule has 2 amide bonds. The summed E-state index contributed by atoms with van der Waals surface area (Å²) in [5.74, 6) is -0.907. The van der Waals surface area contributed by atoms with E-state index in [0.717, 1.165) is 25.1 Å². The molecule has 0 unspecified atom stereocenters. The van der Waals surface area contributed by atoms with Gasteiger partial charge in [0, 0.05) is 18.8 Å². The van der Waals surface area contributed by atoms with Crippen molar-refractivity contribution in [2.75, 3.05) is 28.2 Å². The van der Waals surface area contributed by atoms with Crippen LogP contribution in [0, 0.1) is 6.92 Å². The Morgan fingerprint density at radius 2 is 2.17 bits per heavy atom. The summed E-state index contributed by atoms with van der Waals surface area (Å²) in [6.07, 6.45) is 3.20. The van der Waals surface area contributed by atoms with E-state index in [-0.39, 0.29) is 11.9 Å². The summed E-state index contributed by atoms with van der Waals surface area (Å²) >= 11 is 0. The number of aromatic nitrogens is 5. The third kappa shape index (κ3) is 2.82. The lowest BCUT2D eigenvalue weighted by atomic mass is 10.0. The maximum atomic E-state index is 13.2. The highest BCUT2D eigenvalue weighted by molar-refractivity contribution is 6.07. The van der Waals surface area contributed by atoms with E-state index in [1.54, 1.807) is 0 Å². The van der Waals surface area contributed by atoms with E-state index in [9.17, 15) is 14.7 Å². The number of pyridine rings is 1. The van der Waals surface area contributed by atoms with Crippen molar-refractivity contribution in [3.63, 3.8) is 0 Å². The van der Waals surface area contributed by atoms with Gasteiger partial charge in [0.15, 0.2) is 17.3 Å². The van der Waals surface area contributed by atoms with E-state index in [0.29, 0.717) is 34.9 Å². The molecule has 1 atom stereocenters. The highest BCUT2D eigenvalue weighted by atomic mass is 16.4. The molecule has 5 heterocycles. The number of urea groups is 1. The van der Waals surface area contributed by atoms with Crippen LogP contribution in [0.3, 0.4) is 0 Å². The third-order valence-corrected chi connectivity index (χ3v) is 5.28. The van der Waals surface area contributed by atoms with Gasteiger partial charge in [0.25, 0.3) is 0 Å². The standard InChI is InChI=1S/C18H18N8O3/c1-9-4-5-11-13(20-9)23-24-14(11)22-18(29)26-10-3-2-6-25(8-10)12-7-19-15(17(27)28)21-16(12)26/h4-5,7,10H,2-3,6,8H2,1H3,(H,27,28)(H2,20,22,23,24,29)/t10-/m0/s1. The molecule has 0 spiro atoms. The molecule has 29 heavy (non-hydrogen) atoms. The first-order valence-corrected chi connectivity index (χ1v) is 9.28. The minimum Gasteiger partial charge on any atom is -0.475 e. The summed E-state index contributed by atoms with van der Waals surface area (Å²) in [5, 5.41) is 19.8. The van der Waals surface area contributed by atoms with Crippen LogP contribution in [0.4, 0.5) is 22.1 Å². The Bertz CT molecular complexity index is 1140. The molecule has 3 N–H and O–H groups in total. The number of anilines is 3. The molecule has 3 aromatic heterocycles. The van der Waals surface area contributed by atoms with Gasteiger partial charge in [-0.25, -0.2) is 24.5 Å². The fourth-order valence-corrected chi connectivity index (χ4v) is 3.95. The van der Waals surface area contributed by atoms with Crippen LogP contribution < -0.4 is 15.1 Å². The van der Waals surface area contributed by atoms with Crippen molar-refractivity contribution in [1.82, 2.24) is 25.1 Å². The largest absolute Gasteiger partial charge is 0.475 e. The minimum atomic E-state index is -1.24. The van der Waals surface area contributed by atoms with E-state index >= 15 is 0 Å². The van der Waals surface area contributed by atoms with E-state index in [1.807, 2.05) is 19.1 Å². The van der Waals surface area contributed by atoms with Crippen molar-refractivity contribution in [3.8, 4) is 0 Å². The Kier molecular flexibility index (Phi) is 3.83. The lowest BCUT2D eigenvalue weighted by Crippen LogP contribution is -2.56. The number of hydrogen-bond acceptors (Lipinski definition) is 7. The van der Waals surface area contributed by atoms with Crippen LogP contribution in [0.15, 0.2) is 18.3 Å². The van der Waals surface area contributed by atoms with Gasteiger partial charge in [-0.1, -0.05) is 0 Å². The Labute approximate surface area is 164 Å². The lowest BCUT2D eigenvalue weighted by Gasteiger charge is -2.45. The van der Waals surface area contributed by atoms with Crippen molar-refractivity contribution >= 4 is 40.4 Å². The highest BCUT2D eigenvalue weighted by Gasteiger charge is 2.39. The third-order valence-electron chi connectivity index (χ3n) is 5.28. The zero-order valence-corrected chi connectivity index (χ0v) is 15.6. The number of aromatic amines is 1. The maximum absolute atomic E-state index is 13.2. The molecule has 0 saturated carbocycles. The Morgan fingerprint density at radius 3 is 3.00 bits per heavy atom. The quantitative estimate of drug-likeness (QED) is 0.597. The van der Waals surface area contributed by atoms with Gasteiger partial charge in [-0.15, -0.1) is 0 Å². The lowest BCUT2D eigenvalue weighted by molar-refractivity contribution is 0.0683. The monoisotopic (exact) mass is 394 g/mol. The van der Waals surface area contributed by atoms with Crippen LogP contribution in [-0.2, 0) is 0 Å². The molecule has 1 saturated heterocycles. The predicted molar refractivity (Wildman–Crippen MR) is 104 cm³/mol. The first kappa shape index (κ1) is 17.3. The molecule has 11 nitrogen and oxygen atoms in total. The van der Waals surface area contributed by atoms with E-state index in [1.165, 1.54) is 11.1 Å². The molecule has 3 aromatic rings. The van der Waals surface area contributed by atoms with Crippen molar-refractivity contribution in [3.05, 3.63) is 29.8 Å². The number of nitrogens with zero attached hydrogens (tertiary/aromatic N) is 6. The zero-order chi connectivity index (χ0) is 20.1. The second-order valence-corrected chi connectivity index (χ2v) is 7.17. The molecule has 0 aliphatic carbocycles. The first-order chi connectivity index (χ1) is 14.0. The van der Waals surface area contributed by atoms with Crippen LogP contribution >= 0.6 is 0 Å². The van der Waals surface area contributed by atoms with Gasteiger partial charge in [-0.2, -0.15) is 5.10 Å². The molecule has 11 heteroatoms. The molecule has 2 bridgehead atoms. The van der Waals surface area contributed by atoms with Gasteiger partial charge in [-0.05, 0) is 31.9 Å². The number of H-pyrrole nitrogens is 1. The second-order valence-electron chi connectivity index (χ2n) is 7.17. The van der Waals surface area contributed by atoms with Crippen molar-refractivity contribution in [2.24, 2.45) is 0 Å². The number of carbonyl (C=O) groups excluding carboxylic acids is 1. The van der Waals surface area contributed by atoms with Crippen LogP contribution in [-0.4, -0.2) is 61.4 Å². The van der Waals surface area contributed by atoms with Crippen LogP contribution in [0.1, 0.15) is 29.2 Å². The number of amides is 2. The molecule has 148 valence electrons.